The molecule has 0 amide bonds. The molecule has 0 aromatic carbocycles. The molecule has 1 atom stereocenters. The monoisotopic (exact) mass is 279 g/mol. The molecule has 5 heteroatoms. The highest BCUT2D eigenvalue weighted by Gasteiger charge is 2.43. The molecule has 5 nitrogen and oxygen atoms in total. The van der Waals surface area contributed by atoms with Gasteiger partial charge in [-0.3, -0.25) is 0 Å². The lowest BCUT2D eigenvalue weighted by atomic mass is 9.66. The van der Waals surface area contributed by atoms with E-state index in [2.05, 4.69) is 10.5 Å². The van der Waals surface area contributed by atoms with E-state index in [1.807, 2.05) is 0 Å². The summed E-state index contributed by atoms with van der Waals surface area (Å²) in [5.74, 6) is 1.69. The van der Waals surface area contributed by atoms with E-state index in [0.29, 0.717) is 0 Å². The fourth-order valence-electron chi connectivity index (χ4n) is 3.31. The van der Waals surface area contributed by atoms with Crippen molar-refractivity contribution in [2.24, 2.45) is 0 Å². The van der Waals surface area contributed by atoms with Crippen molar-refractivity contribution in [1.82, 2.24) is 15.5 Å². The zero-order chi connectivity index (χ0) is 13.8. The number of ether oxygens (including phenoxy) is 1. The van der Waals surface area contributed by atoms with Gasteiger partial charge in [0.1, 0.15) is 0 Å². The largest absolute Gasteiger partial charge is 0.385 e. The molecule has 1 N–H and O–H groups in total. The zero-order valence-corrected chi connectivity index (χ0v) is 12.4. The van der Waals surface area contributed by atoms with Crippen LogP contribution < -0.4 is 5.32 Å². The molecular weight excluding hydrogens is 254 g/mol. The van der Waals surface area contributed by atoms with Gasteiger partial charge in [-0.25, -0.2) is 0 Å². The summed E-state index contributed by atoms with van der Waals surface area (Å²) >= 11 is 0. The van der Waals surface area contributed by atoms with Crippen LogP contribution in [0.25, 0.3) is 0 Å². The second-order valence-corrected chi connectivity index (χ2v) is 6.19. The molecule has 1 saturated heterocycles. The molecule has 1 aliphatic heterocycles. The molecule has 1 aromatic rings. The van der Waals surface area contributed by atoms with Gasteiger partial charge < -0.3 is 14.6 Å². The number of methoxy groups -OCH3 is 1. The van der Waals surface area contributed by atoms with Crippen LogP contribution in [0.2, 0.25) is 0 Å². The van der Waals surface area contributed by atoms with Gasteiger partial charge in [0.2, 0.25) is 5.89 Å². The molecular formula is C15H25N3O2. The average Bonchev–Trinajstić information content (AvgIpc) is 2.74. The molecule has 1 aliphatic carbocycles. The van der Waals surface area contributed by atoms with Crippen molar-refractivity contribution < 1.29 is 9.26 Å². The van der Waals surface area contributed by atoms with Crippen LogP contribution in [-0.2, 0) is 10.2 Å². The van der Waals surface area contributed by atoms with E-state index in [0.717, 1.165) is 50.6 Å². The Balaban J connectivity index is 1.71. The fourth-order valence-corrected chi connectivity index (χ4v) is 3.31. The van der Waals surface area contributed by atoms with Crippen LogP contribution in [0.4, 0.5) is 0 Å². The van der Waals surface area contributed by atoms with E-state index >= 15 is 0 Å². The van der Waals surface area contributed by atoms with Crippen LogP contribution in [0.5, 0.6) is 0 Å². The minimum Gasteiger partial charge on any atom is -0.385 e. The fraction of sp³-hybridized carbons (Fsp3) is 0.867. The molecule has 3 rings (SSSR count). The van der Waals surface area contributed by atoms with Crippen molar-refractivity contribution in [1.29, 1.82) is 0 Å². The third-order valence-electron chi connectivity index (χ3n) is 4.86. The smallest absolute Gasteiger partial charge is 0.233 e. The molecule has 0 spiro atoms. The van der Waals surface area contributed by atoms with Gasteiger partial charge in [0.25, 0.3) is 0 Å². The highest BCUT2D eigenvalue weighted by molar-refractivity contribution is 5.11. The number of nitrogens with zero attached hydrogens (tertiary/aromatic N) is 2. The average molecular weight is 279 g/mol. The lowest BCUT2D eigenvalue weighted by Crippen LogP contribution is -2.36. The molecule has 1 saturated carbocycles. The molecule has 2 heterocycles. The Morgan fingerprint density at radius 3 is 2.95 bits per heavy atom. The first kappa shape index (κ1) is 14.0. The van der Waals surface area contributed by atoms with E-state index in [-0.39, 0.29) is 11.5 Å². The summed E-state index contributed by atoms with van der Waals surface area (Å²) in [6, 6.07) is 0.273. The van der Waals surface area contributed by atoms with Gasteiger partial charge >= 0.3 is 0 Å². The summed E-state index contributed by atoms with van der Waals surface area (Å²) in [6.07, 6.45) is 9.45. The standard InChI is InChI=1S/C15H25N3O2/c1-19-11-9-15(7-5-8-15)14-17-13(18-20-14)12-6-3-2-4-10-16-12/h12,16H,2-11H2,1H3/t12-/m0/s1. The molecule has 0 unspecified atom stereocenters. The van der Waals surface area contributed by atoms with E-state index < -0.39 is 0 Å². The van der Waals surface area contributed by atoms with Crippen LogP contribution in [-0.4, -0.2) is 30.4 Å². The third-order valence-corrected chi connectivity index (χ3v) is 4.86. The Labute approximate surface area is 120 Å². The van der Waals surface area contributed by atoms with Gasteiger partial charge in [-0.15, -0.1) is 0 Å². The molecule has 1 aromatic heterocycles. The van der Waals surface area contributed by atoms with Gasteiger partial charge in [0, 0.05) is 13.7 Å². The Morgan fingerprint density at radius 1 is 1.30 bits per heavy atom. The van der Waals surface area contributed by atoms with Gasteiger partial charge in [0.05, 0.1) is 11.5 Å². The van der Waals surface area contributed by atoms with Crippen molar-refractivity contribution in [2.45, 2.75) is 62.8 Å². The number of nitrogens with one attached hydrogen (secondary N) is 1. The molecule has 2 aliphatic rings. The SMILES string of the molecule is COCCC1(c2nc([C@@H]3CCCCCN3)no2)CCC1. The Bertz CT molecular complexity index is 421. The Morgan fingerprint density at radius 2 is 2.20 bits per heavy atom. The van der Waals surface area contributed by atoms with Crippen molar-refractivity contribution in [3.05, 3.63) is 11.7 Å². The Hall–Kier alpha value is -0.940. The lowest BCUT2D eigenvalue weighted by Gasteiger charge is -2.38. The van der Waals surface area contributed by atoms with Crippen LogP contribution >= 0.6 is 0 Å². The van der Waals surface area contributed by atoms with Crippen LogP contribution in [0.15, 0.2) is 4.52 Å². The van der Waals surface area contributed by atoms with Crippen molar-refractivity contribution >= 4 is 0 Å². The van der Waals surface area contributed by atoms with Gasteiger partial charge in [-0.1, -0.05) is 24.4 Å². The van der Waals surface area contributed by atoms with E-state index in [4.69, 9.17) is 14.2 Å². The second kappa shape index (κ2) is 6.22. The molecule has 2 fully saturated rings. The summed E-state index contributed by atoms with van der Waals surface area (Å²) < 4.78 is 10.8. The molecule has 112 valence electrons. The number of aromatic nitrogens is 2. The van der Waals surface area contributed by atoms with E-state index in [9.17, 15) is 0 Å². The summed E-state index contributed by atoms with van der Waals surface area (Å²) in [5, 5.41) is 7.78. The number of rotatable bonds is 5. The molecule has 0 bridgehead atoms. The first-order chi connectivity index (χ1) is 9.84. The van der Waals surface area contributed by atoms with Crippen LogP contribution in [0.1, 0.15) is 69.1 Å². The second-order valence-electron chi connectivity index (χ2n) is 6.19. The summed E-state index contributed by atoms with van der Waals surface area (Å²) in [7, 11) is 1.75. The van der Waals surface area contributed by atoms with Crippen molar-refractivity contribution in [3.63, 3.8) is 0 Å². The normalized spacial score (nSPS) is 25.9. The van der Waals surface area contributed by atoms with Gasteiger partial charge in [-0.2, -0.15) is 4.98 Å². The molecule has 20 heavy (non-hydrogen) atoms. The first-order valence-corrected chi connectivity index (χ1v) is 7.90. The maximum Gasteiger partial charge on any atom is 0.233 e. The van der Waals surface area contributed by atoms with Gasteiger partial charge in [-0.05, 0) is 38.6 Å². The zero-order valence-electron chi connectivity index (χ0n) is 12.4. The molecule has 0 radical (unpaired) electrons. The predicted octanol–water partition coefficient (Wildman–Crippen LogP) is 2.73. The predicted molar refractivity (Wildman–Crippen MR) is 75.5 cm³/mol. The summed E-state index contributed by atoms with van der Waals surface area (Å²) in [5.41, 5.74) is 0.0893. The Kier molecular flexibility index (Phi) is 4.36. The third kappa shape index (κ3) is 2.74. The maximum absolute atomic E-state index is 5.61. The highest BCUT2D eigenvalue weighted by atomic mass is 16.5. The maximum atomic E-state index is 5.61. The van der Waals surface area contributed by atoms with Crippen LogP contribution in [0, 0.1) is 0 Å². The topological polar surface area (TPSA) is 60.2 Å². The van der Waals surface area contributed by atoms with E-state index in [1.54, 1.807) is 7.11 Å². The minimum absolute atomic E-state index is 0.0893. The minimum atomic E-state index is 0.0893. The van der Waals surface area contributed by atoms with Gasteiger partial charge in [0.15, 0.2) is 5.82 Å². The summed E-state index contributed by atoms with van der Waals surface area (Å²) in [6.45, 7) is 1.82. The number of hydrogen-bond acceptors (Lipinski definition) is 5. The van der Waals surface area contributed by atoms with Crippen molar-refractivity contribution in [3.8, 4) is 0 Å². The van der Waals surface area contributed by atoms with E-state index in [1.165, 1.54) is 25.7 Å². The quantitative estimate of drug-likeness (QED) is 0.898. The van der Waals surface area contributed by atoms with Crippen molar-refractivity contribution in [2.75, 3.05) is 20.3 Å². The number of hydrogen-bond donors (Lipinski definition) is 1. The lowest BCUT2D eigenvalue weighted by molar-refractivity contribution is 0.104. The van der Waals surface area contributed by atoms with Crippen LogP contribution in [0.3, 0.4) is 0 Å². The summed E-state index contributed by atoms with van der Waals surface area (Å²) in [4.78, 5) is 4.73. The highest BCUT2D eigenvalue weighted by Crippen LogP contribution is 2.45. The first-order valence-electron chi connectivity index (χ1n) is 7.90.